The molecule has 0 atom stereocenters. The average molecular weight is 388 g/mol. The topological polar surface area (TPSA) is 93.8 Å². The largest absolute Gasteiger partial charge is 0.478 e. The Balaban J connectivity index is 1.87. The molecule has 140 valence electrons. The van der Waals surface area contributed by atoms with Gasteiger partial charge in [0.2, 0.25) is 0 Å². The molecule has 0 aromatic heterocycles. The Morgan fingerprint density at radius 3 is 2.41 bits per heavy atom. The molecule has 0 aliphatic carbocycles. The van der Waals surface area contributed by atoms with Crippen molar-refractivity contribution in [1.82, 2.24) is 5.43 Å². The first kappa shape index (κ1) is 20.1. The molecule has 7 nitrogen and oxygen atoms in total. The van der Waals surface area contributed by atoms with Crippen molar-refractivity contribution in [2.75, 3.05) is 0 Å². The molecule has 8 heteroatoms. The van der Waals surface area contributed by atoms with Gasteiger partial charge in [-0.1, -0.05) is 17.7 Å². The number of ether oxygens (including phenoxy) is 1. The summed E-state index contributed by atoms with van der Waals surface area (Å²) in [5, 5.41) is 15.0. The second kappa shape index (κ2) is 8.95. The van der Waals surface area contributed by atoms with E-state index in [0.29, 0.717) is 10.8 Å². The number of nitrogens with zero attached hydrogens (tertiary/aromatic N) is 2. The van der Waals surface area contributed by atoms with Crippen LogP contribution in [0.5, 0.6) is 5.75 Å². The van der Waals surface area contributed by atoms with Crippen molar-refractivity contribution >= 4 is 35.5 Å². The summed E-state index contributed by atoms with van der Waals surface area (Å²) in [6.07, 6.45) is 4.71. The summed E-state index contributed by atoms with van der Waals surface area (Å²) < 4.78 is 5.66. The van der Waals surface area contributed by atoms with E-state index in [4.69, 9.17) is 16.3 Å². The van der Waals surface area contributed by atoms with Gasteiger partial charge in [-0.05, 0) is 61.9 Å². The van der Waals surface area contributed by atoms with E-state index in [1.54, 1.807) is 62.4 Å². The number of benzene rings is 2. The van der Waals surface area contributed by atoms with Crippen LogP contribution in [0, 0.1) is 10.1 Å². The normalized spacial score (nSPS) is 11.7. The van der Waals surface area contributed by atoms with Crippen molar-refractivity contribution in [3.63, 3.8) is 0 Å². The highest BCUT2D eigenvalue weighted by atomic mass is 35.5. The quantitative estimate of drug-likeness (QED) is 0.437. The molecule has 1 amide bonds. The van der Waals surface area contributed by atoms with Crippen molar-refractivity contribution in [2.45, 2.75) is 19.4 Å². The lowest BCUT2D eigenvalue weighted by molar-refractivity contribution is -0.384. The molecule has 27 heavy (non-hydrogen) atoms. The molecule has 0 radical (unpaired) electrons. The summed E-state index contributed by atoms with van der Waals surface area (Å²) in [6, 6.07) is 12.7. The molecular weight excluding hydrogens is 370 g/mol. The third kappa shape index (κ3) is 6.23. The van der Waals surface area contributed by atoms with Gasteiger partial charge in [0.25, 0.3) is 11.6 Å². The molecule has 0 unspecified atom stereocenters. The highest BCUT2D eigenvalue weighted by Gasteiger charge is 2.29. The number of hydrogen-bond acceptors (Lipinski definition) is 5. The van der Waals surface area contributed by atoms with Crippen LogP contribution in [0.1, 0.15) is 19.4 Å². The van der Waals surface area contributed by atoms with Crippen LogP contribution >= 0.6 is 11.6 Å². The number of carbonyl (C=O) groups is 1. The Kier molecular flexibility index (Phi) is 6.67. The minimum Gasteiger partial charge on any atom is -0.478 e. The maximum atomic E-state index is 12.2. The number of nitro groups is 1. The minimum atomic E-state index is -1.13. The Hall–Kier alpha value is -3.19. The maximum Gasteiger partial charge on any atom is 0.283 e. The Morgan fingerprint density at radius 1 is 1.19 bits per heavy atom. The molecule has 2 rings (SSSR count). The number of allylic oxidation sites excluding steroid dienone is 1. The predicted octanol–water partition coefficient (Wildman–Crippen LogP) is 4.22. The van der Waals surface area contributed by atoms with E-state index in [0.717, 1.165) is 5.56 Å². The second-order valence-electron chi connectivity index (χ2n) is 5.99. The van der Waals surface area contributed by atoms with Crippen LogP contribution in [-0.4, -0.2) is 22.6 Å². The van der Waals surface area contributed by atoms with Crippen LogP contribution in [0.15, 0.2) is 59.7 Å². The summed E-state index contributed by atoms with van der Waals surface area (Å²) >= 11 is 5.82. The summed E-state index contributed by atoms with van der Waals surface area (Å²) in [4.78, 5) is 22.3. The van der Waals surface area contributed by atoms with Gasteiger partial charge in [-0.25, -0.2) is 5.43 Å². The first-order valence-corrected chi connectivity index (χ1v) is 8.35. The number of nitrogens with one attached hydrogen (secondary N) is 1. The van der Waals surface area contributed by atoms with Crippen molar-refractivity contribution < 1.29 is 14.5 Å². The van der Waals surface area contributed by atoms with Crippen LogP contribution in [0.3, 0.4) is 0 Å². The minimum absolute atomic E-state index is 0.0241. The van der Waals surface area contributed by atoms with E-state index >= 15 is 0 Å². The molecule has 0 aliphatic rings. The van der Waals surface area contributed by atoms with Gasteiger partial charge in [-0.3, -0.25) is 14.9 Å². The van der Waals surface area contributed by atoms with E-state index in [2.05, 4.69) is 10.5 Å². The first-order valence-electron chi connectivity index (χ1n) is 7.97. The van der Waals surface area contributed by atoms with Crippen LogP contribution < -0.4 is 10.2 Å². The van der Waals surface area contributed by atoms with Crippen molar-refractivity contribution in [2.24, 2.45) is 5.10 Å². The van der Waals surface area contributed by atoms with Gasteiger partial charge in [0.05, 0.1) is 4.92 Å². The molecule has 0 bridgehead atoms. The highest BCUT2D eigenvalue weighted by molar-refractivity contribution is 6.30. The van der Waals surface area contributed by atoms with Gasteiger partial charge in [0.1, 0.15) is 5.75 Å². The fourth-order valence-electron chi connectivity index (χ4n) is 1.98. The molecule has 2 aromatic rings. The molecule has 0 fully saturated rings. The Bertz CT molecular complexity index is 860. The maximum absolute atomic E-state index is 12.2. The van der Waals surface area contributed by atoms with Gasteiger partial charge >= 0.3 is 0 Å². The van der Waals surface area contributed by atoms with Gasteiger partial charge in [0.15, 0.2) is 5.60 Å². The number of nitro benzene ring substituents is 1. The zero-order valence-electron chi connectivity index (χ0n) is 14.8. The van der Waals surface area contributed by atoms with E-state index in [1.165, 1.54) is 18.3 Å². The van der Waals surface area contributed by atoms with E-state index in [1.807, 2.05) is 0 Å². The van der Waals surface area contributed by atoms with Gasteiger partial charge in [-0.2, -0.15) is 5.10 Å². The SMILES string of the molecule is CC(C)(Oc1ccc(Cl)cc1)C(=O)N/N=C/C=C/c1ccc([N+](=O)[O-])cc1. The number of hydrogen-bond donors (Lipinski definition) is 1. The van der Waals surface area contributed by atoms with Crippen LogP contribution in [0.25, 0.3) is 6.08 Å². The second-order valence-corrected chi connectivity index (χ2v) is 6.43. The first-order chi connectivity index (χ1) is 12.8. The van der Waals surface area contributed by atoms with Crippen LogP contribution in [0.4, 0.5) is 5.69 Å². The zero-order valence-corrected chi connectivity index (χ0v) is 15.5. The number of hydrazone groups is 1. The molecule has 0 saturated carbocycles. The monoisotopic (exact) mass is 387 g/mol. The molecular formula is C19H18ClN3O4. The van der Waals surface area contributed by atoms with Crippen LogP contribution in [-0.2, 0) is 4.79 Å². The molecule has 0 saturated heterocycles. The Morgan fingerprint density at radius 2 is 1.81 bits per heavy atom. The van der Waals surface area contributed by atoms with Gasteiger partial charge in [-0.15, -0.1) is 0 Å². The molecule has 1 N–H and O–H groups in total. The summed E-state index contributed by atoms with van der Waals surface area (Å²) in [6.45, 7) is 3.25. The molecule has 0 spiro atoms. The molecule has 2 aromatic carbocycles. The van der Waals surface area contributed by atoms with Crippen LogP contribution in [0.2, 0.25) is 5.02 Å². The summed E-state index contributed by atoms with van der Waals surface area (Å²) in [5.74, 6) is 0.0963. The lowest BCUT2D eigenvalue weighted by Gasteiger charge is -2.24. The van der Waals surface area contributed by atoms with E-state index in [9.17, 15) is 14.9 Å². The summed E-state index contributed by atoms with van der Waals surface area (Å²) in [5.41, 5.74) is 2.06. The van der Waals surface area contributed by atoms with E-state index < -0.39 is 16.4 Å². The lowest BCUT2D eigenvalue weighted by atomic mass is 10.1. The number of halogens is 1. The van der Waals surface area contributed by atoms with Gasteiger partial charge in [0, 0.05) is 23.4 Å². The van der Waals surface area contributed by atoms with Gasteiger partial charge < -0.3 is 4.74 Å². The van der Waals surface area contributed by atoms with Crippen molar-refractivity contribution in [1.29, 1.82) is 0 Å². The predicted molar refractivity (Wildman–Crippen MR) is 105 cm³/mol. The lowest BCUT2D eigenvalue weighted by Crippen LogP contribution is -2.44. The fraction of sp³-hybridized carbons (Fsp3) is 0.158. The number of rotatable bonds is 7. The van der Waals surface area contributed by atoms with E-state index in [-0.39, 0.29) is 5.69 Å². The zero-order chi connectivity index (χ0) is 19.9. The van der Waals surface area contributed by atoms with Crippen molar-refractivity contribution in [3.8, 4) is 5.75 Å². The molecule has 0 heterocycles. The third-order valence-electron chi connectivity index (χ3n) is 3.45. The smallest absolute Gasteiger partial charge is 0.283 e. The number of non-ortho nitro benzene ring substituents is 1. The molecule has 0 aliphatic heterocycles. The standard InChI is InChI=1S/C19H18ClN3O4/c1-19(2,27-17-11-7-15(20)8-12-17)18(24)22-21-13-3-4-14-5-9-16(10-6-14)23(25)26/h3-13H,1-2H3,(H,22,24)/b4-3+,21-13+. The summed E-state index contributed by atoms with van der Waals surface area (Å²) in [7, 11) is 0. The van der Waals surface area contributed by atoms with Crippen molar-refractivity contribution in [3.05, 3.63) is 75.3 Å². The third-order valence-corrected chi connectivity index (χ3v) is 3.70. The fourth-order valence-corrected chi connectivity index (χ4v) is 2.10. The number of amides is 1. The Labute approximate surface area is 161 Å². The average Bonchev–Trinajstić information content (AvgIpc) is 2.63. The number of carbonyl (C=O) groups excluding carboxylic acids is 1. The highest BCUT2D eigenvalue weighted by Crippen LogP contribution is 2.21.